The molecule has 0 bridgehead atoms. The van der Waals surface area contributed by atoms with Crippen molar-refractivity contribution >= 4 is 11.9 Å². The highest BCUT2D eigenvalue weighted by molar-refractivity contribution is 5.86. The summed E-state index contributed by atoms with van der Waals surface area (Å²) in [7, 11) is 0. The van der Waals surface area contributed by atoms with Crippen LogP contribution in [0.4, 0.5) is 0 Å². The summed E-state index contributed by atoms with van der Waals surface area (Å²) in [5, 5.41) is 9.09. The van der Waals surface area contributed by atoms with Gasteiger partial charge in [-0.15, -0.1) is 0 Å². The Morgan fingerprint density at radius 3 is 2.56 bits per heavy atom. The van der Waals surface area contributed by atoms with Crippen LogP contribution >= 0.6 is 0 Å². The Hall–Kier alpha value is -2.82. The summed E-state index contributed by atoms with van der Waals surface area (Å²) in [5.74, 6) is -0.904. The summed E-state index contributed by atoms with van der Waals surface area (Å²) in [6.45, 7) is 1.18. The van der Waals surface area contributed by atoms with E-state index in [0.717, 1.165) is 17.7 Å². The van der Waals surface area contributed by atoms with E-state index in [1.54, 1.807) is 4.90 Å². The fraction of sp³-hybridized carbons (Fsp3) is 0.300. The predicted octanol–water partition coefficient (Wildman–Crippen LogP) is 2.74. The van der Waals surface area contributed by atoms with Crippen molar-refractivity contribution in [2.24, 2.45) is 5.92 Å². The summed E-state index contributed by atoms with van der Waals surface area (Å²) in [6, 6.07) is 17.7. The first-order valence-electron chi connectivity index (χ1n) is 8.38. The molecule has 1 heterocycles. The molecular weight excluding hydrogens is 318 g/mol. The maximum Gasteiger partial charge on any atom is 0.308 e. The number of aliphatic carboxylic acids is 1. The number of carboxylic acid groups (broad SMARTS) is 1. The Morgan fingerprint density at radius 2 is 1.84 bits per heavy atom. The number of benzene rings is 2. The molecule has 1 atom stereocenters. The van der Waals surface area contributed by atoms with Gasteiger partial charge in [0, 0.05) is 31.5 Å². The lowest BCUT2D eigenvalue weighted by molar-refractivity contribution is -0.141. The second-order valence-corrected chi connectivity index (χ2v) is 6.21. The van der Waals surface area contributed by atoms with Gasteiger partial charge in [-0.05, 0) is 11.6 Å². The molecule has 0 aromatic heterocycles. The van der Waals surface area contributed by atoms with Crippen molar-refractivity contribution in [2.45, 2.75) is 19.4 Å². The Labute approximate surface area is 146 Å². The van der Waals surface area contributed by atoms with E-state index in [0.29, 0.717) is 13.2 Å². The minimum atomic E-state index is -0.914. The van der Waals surface area contributed by atoms with Gasteiger partial charge in [-0.3, -0.25) is 9.59 Å². The zero-order valence-electron chi connectivity index (χ0n) is 13.9. The van der Waals surface area contributed by atoms with Crippen molar-refractivity contribution in [3.63, 3.8) is 0 Å². The highest BCUT2D eigenvalue weighted by Gasteiger charge is 2.34. The van der Waals surface area contributed by atoms with Crippen LogP contribution in [0.2, 0.25) is 0 Å². The van der Waals surface area contributed by atoms with Gasteiger partial charge in [-0.2, -0.15) is 0 Å². The number of ether oxygens (including phenoxy) is 1. The summed E-state index contributed by atoms with van der Waals surface area (Å²) in [4.78, 5) is 24.7. The van der Waals surface area contributed by atoms with Crippen LogP contribution in [0.1, 0.15) is 17.5 Å². The quantitative estimate of drug-likeness (QED) is 0.842. The van der Waals surface area contributed by atoms with Gasteiger partial charge in [0.05, 0.1) is 12.5 Å². The van der Waals surface area contributed by atoms with E-state index in [1.807, 2.05) is 42.5 Å². The number of para-hydroxylation sites is 1. The standard InChI is InChI=1S/C20H21NO4/c22-19-12-17(20(23)24)14-21(19)13-16-8-4-5-9-18(16)25-11-10-15-6-2-1-3-7-15/h1-9,17H,10-14H2,(H,23,24). The molecule has 0 aliphatic carbocycles. The average molecular weight is 339 g/mol. The van der Waals surface area contributed by atoms with Crippen molar-refractivity contribution in [3.8, 4) is 5.75 Å². The number of amides is 1. The van der Waals surface area contributed by atoms with Crippen molar-refractivity contribution in [1.29, 1.82) is 0 Å². The Kier molecular flexibility index (Phi) is 5.33. The first-order valence-corrected chi connectivity index (χ1v) is 8.38. The molecule has 3 rings (SSSR count). The fourth-order valence-electron chi connectivity index (χ4n) is 2.99. The first-order chi connectivity index (χ1) is 12.1. The first kappa shape index (κ1) is 17.0. The van der Waals surface area contributed by atoms with Crippen molar-refractivity contribution in [3.05, 3.63) is 65.7 Å². The molecule has 0 spiro atoms. The molecule has 1 saturated heterocycles. The molecular formula is C20H21NO4. The summed E-state index contributed by atoms with van der Waals surface area (Å²) in [6.07, 6.45) is 0.880. The minimum absolute atomic E-state index is 0.0758. The Morgan fingerprint density at radius 1 is 1.12 bits per heavy atom. The lowest BCUT2D eigenvalue weighted by atomic mass is 10.1. The van der Waals surface area contributed by atoms with Gasteiger partial charge in [0.2, 0.25) is 5.91 Å². The topological polar surface area (TPSA) is 66.8 Å². The van der Waals surface area contributed by atoms with Crippen LogP contribution < -0.4 is 4.74 Å². The monoisotopic (exact) mass is 339 g/mol. The van der Waals surface area contributed by atoms with Gasteiger partial charge in [0.15, 0.2) is 0 Å². The normalized spacial score (nSPS) is 16.9. The fourth-order valence-corrected chi connectivity index (χ4v) is 2.99. The molecule has 130 valence electrons. The van der Waals surface area contributed by atoms with Gasteiger partial charge < -0.3 is 14.7 Å². The molecule has 1 aliphatic heterocycles. The molecule has 25 heavy (non-hydrogen) atoms. The van der Waals surface area contributed by atoms with E-state index in [4.69, 9.17) is 9.84 Å². The van der Waals surface area contributed by atoms with E-state index in [2.05, 4.69) is 12.1 Å². The van der Waals surface area contributed by atoms with E-state index in [9.17, 15) is 9.59 Å². The third kappa shape index (κ3) is 4.38. The molecule has 1 unspecified atom stereocenters. The molecule has 1 N–H and O–H groups in total. The molecule has 2 aromatic rings. The number of rotatable bonds is 7. The lowest BCUT2D eigenvalue weighted by Crippen LogP contribution is -2.26. The molecule has 0 saturated carbocycles. The van der Waals surface area contributed by atoms with Gasteiger partial charge in [0.1, 0.15) is 5.75 Å². The van der Waals surface area contributed by atoms with Crippen molar-refractivity contribution in [1.82, 2.24) is 4.90 Å². The van der Waals surface area contributed by atoms with Gasteiger partial charge in [0.25, 0.3) is 0 Å². The van der Waals surface area contributed by atoms with Gasteiger partial charge in [-0.1, -0.05) is 48.5 Å². The van der Waals surface area contributed by atoms with E-state index in [1.165, 1.54) is 5.56 Å². The Bertz CT molecular complexity index is 744. The molecule has 2 aromatic carbocycles. The highest BCUT2D eigenvalue weighted by Crippen LogP contribution is 2.25. The third-order valence-electron chi connectivity index (χ3n) is 4.39. The maximum absolute atomic E-state index is 12.0. The lowest BCUT2D eigenvalue weighted by Gasteiger charge is -2.18. The van der Waals surface area contributed by atoms with Crippen molar-refractivity contribution in [2.75, 3.05) is 13.2 Å². The van der Waals surface area contributed by atoms with Crippen LogP contribution in [0.3, 0.4) is 0 Å². The van der Waals surface area contributed by atoms with Crippen LogP contribution in [-0.4, -0.2) is 35.0 Å². The largest absolute Gasteiger partial charge is 0.493 e. The smallest absolute Gasteiger partial charge is 0.308 e. The van der Waals surface area contributed by atoms with Crippen LogP contribution in [0.25, 0.3) is 0 Å². The molecule has 5 heteroatoms. The zero-order chi connectivity index (χ0) is 17.6. The van der Waals surface area contributed by atoms with Gasteiger partial charge in [-0.25, -0.2) is 0 Å². The minimum Gasteiger partial charge on any atom is -0.493 e. The summed E-state index contributed by atoms with van der Waals surface area (Å²) < 4.78 is 5.91. The second-order valence-electron chi connectivity index (χ2n) is 6.21. The second kappa shape index (κ2) is 7.83. The third-order valence-corrected chi connectivity index (χ3v) is 4.39. The number of hydrogen-bond acceptors (Lipinski definition) is 3. The number of carbonyl (C=O) groups excluding carboxylic acids is 1. The van der Waals surface area contributed by atoms with Crippen LogP contribution in [0, 0.1) is 5.92 Å². The van der Waals surface area contributed by atoms with Crippen LogP contribution in [0.5, 0.6) is 5.75 Å². The van der Waals surface area contributed by atoms with Crippen molar-refractivity contribution < 1.29 is 19.4 Å². The van der Waals surface area contributed by atoms with E-state index in [-0.39, 0.29) is 18.9 Å². The van der Waals surface area contributed by atoms with E-state index >= 15 is 0 Å². The predicted molar refractivity (Wildman–Crippen MR) is 93.2 cm³/mol. The maximum atomic E-state index is 12.0. The SMILES string of the molecule is O=C(O)C1CC(=O)N(Cc2ccccc2OCCc2ccccc2)C1. The van der Waals surface area contributed by atoms with E-state index < -0.39 is 11.9 Å². The zero-order valence-corrected chi connectivity index (χ0v) is 13.9. The molecule has 1 aliphatic rings. The van der Waals surface area contributed by atoms with Gasteiger partial charge >= 0.3 is 5.97 Å². The number of carbonyl (C=O) groups is 2. The molecule has 1 fully saturated rings. The summed E-state index contributed by atoms with van der Waals surface area (Å²) >= 11 is 0. The number of likely N-dealkylation sites (tertiary alicyclic amines) is 1. The number of carboxylic acids is 1. The molecule has 0 radical (unpaired) electrons. The molecule has 1 amide bonds. The van der Waals surface area contributed by atoms with Crippen LogP contribution in [0.15, 0.2) is 54.6 Å². The Balaban J connectivity index is 1.61. The van der Waals surface area contributed by atoms with Crippen LogP contribution in [-0.2, 0) is 22.6 Å². The highest BCUT2D eigenvalue weighted by atomic mass is 16.5. The number of nitrogens with zero attached hydrogens (tertiary/aromatic N) is 1. The number of hydrogen-bond donors (Lipinski definition) is 1. The summed E-state index contributed by atoms with van der Waals surface area (Å²) in [5.41, 5.74) is 2.11. The molecule has 5 nitrogen and oxygen atoms in total. The average Bonchev–Trinajstić information content (AvgIpc) is 2.98.